The van der Waals surface area contributed by atoms with Crippen LogP contribution in [0.1, 0.15) is 348 Å². The van der Waals surface area contributed by atoms with Gasteiger partial charge in [-0.3, -0.25) is 14.4 Å². The van der Waals surface area contributed by atoms with Crippen LogP contribution in [0.2, 0.25) is 0 Å². The number of carbonyl (C=O) groups is 3. The summed E-state index contributed by atoms with van der Waals surface area (Å²) in [5, 5.41) is 0. The summed E-state index contributed by atoms with van der Waals surface area (Å²) in [7, 11) is 0. The molecule has 0 N–H and O–H groups in total. The quantitative estimate of drug-likeness (QED) is 0.0261. The van der Waals surface area contributed by atoms with E-state index in [0.717, 1.165) is 109 Å². The van der Waals surface area contributed by atoms with Gasteiger partial charge in [-0.2, -0.15) is 0 Å². The molecule has 0 saturated heterocycles. The maximum Gasteiger partial charge on any atom is 0.306 e. The summed E-state index contributed by atoms with van der Waals surface area (Å²) in [6, 6.07) is 0. The number of esters is 3. The Morgan fingerprint density at radius 1 is 0.269 bits per heavy atom. The predicted octanol–water partition coefficient (Wildman–Crippen LogP) is 23.3. The first-order valence-electron chi connectivity index (χ1n) is 33.9. The topological polar surface area (TPSA) is 78.9 Å². The fourth-order valence-corrected chi connectivity index (χ4v) is 9.89. The molecule has 78 heavy (non-hydrogen) atoms. The molecule has 0 heterocycles. The minimum Gasteiger partial charge on any atom is -0.462 e. The summed E-state index contributed by atoms with van der Waals surface area (Å²) >= 11 is 0. The lowest BCUT2D eigenvalue weighted by molar-refractivity contribution is -0.167. The van der Waals surface area contributed by atoms with E-state index < -0.39 is 6.10 Å². The van der Waals surface area contributed by atoms with Crippen LogP contribution in [-0.4, -0.2) is 37.2 Å². The minimum atomic E-state index is -0.784. The highest BCUT2D eigenvalue weighted by molar-refractivity contribution is 5.71. The highest BCUT2D eigenvalue weighted by Gasteiger charge is 2.19. The summed E-state index contributed by atoms with van der Waals surface area (Å²) in [6.45, 7) is 6.50. The zero-order valence-electron chi connectivity index (χ0n) is 51.9. The zero-order valence-corrected chi connectivity index (χ0v) is 51.9. The number of rotatable bonds is 62. The first kappa shape index (κ1) is 74.8. The molecular weight excluding hydrogens is 961 g/mol. The van der Waals surface area contributed by atoms with Crippen molar-refractivity contribution < 1.29 is 28.6 Å². The van der Waals surface area contributed by atoms with Gasteiger partial charge in [-0.25, -0.2) is 0 Å². The Hall–Kier alpha value is -3.15. The van der Waals surface area contributed by atoms with Crippen LogP contribution in [0.5, 0.6) is 0 Å². The van der Waals surface area contributed by atoms with E-state index in [9.17, 15) is 14.4 Å². The van der Waals surface area contributed by atoms with E-state index >= 15 is 0 Å². The Bertz CT molecular complexity index is 1440. The van der Waals surface area contributed by atoms with Crippen LogP contribution in [0, 0.1) is 0 Å². The molecule has 0 bridgehead atoms. The lowest BCUT2D eigenvalue weighted by Crippen LogP contribution is -2.30. The van der Waals surface area contributed by atoms with Gasteiger partial charge < -0.3 is 14.2 Å². The summed E-state index contributed by atoms with van der Waals surface area (Å²) in [5.41, 5.74) is 0. The molecule has 0 rings (SSSR count). The first-order chi connectivity index (χ1) is 38.5. The Labute approximate surface area is 484 Å². The van der Waals surface area contributed by atoms with Crippen LogP contribution < -0.4 is 0 Å². The predicted molar refractivity (Wildman–Crippen MR) is 339 cm³/mol. The summed E-state index contributed by atoms with van der Waals surface area (Å²) in [5.74, 6) is -0.879. The van der Waals surface area contributed by atoms with Crippen molar-refractivity contribution in [1.82, 2.24) is 0 Å². The Morgan fingerprint density at radius 2 is 0.526 bits per heavy atom. The van der Waals surface area contributed by atoms with Gasteiger partial charge in [0.05, 0.1) is 0 Å². The van der Waals surface area contributed by atoms with E-state index in [-0.39, 0.29) is 31.1 Å². The molecule has 0 aliphatic rings. The average molecular weight is 1090 g/mol. The van der Waals surface area contributed by atoms with Crippen LogP contribution >= 0.6 is 0 Å². The molecule has 0 aliphatic carbocycles. The highest BCUT2D eigenvalue weighted by atomic mass is 16.6. The standard InChI is InChI=1S/C72H128O6/c1-4-7-10-13-16-19-22-25-27-29-31-33-35-37-38-40-42-44-47-50-53-56-59-62-65-71(74)77-68-69(67-76-70(73)64-61-58-55-52-49-46-24-21-18-15-12-9-6-3)78-72(75)66-63-60-57-54-51-48-45-43-41-39-36-34-32-30-28-26-23-20-17-14-11-8-5-2/h8,11-12,15,17,20-21,24,26,28,32,34,69H,4-7,9-10,13-14,16,18-19,22-23,25,27,29-31,33,35-68H2,1-3H3/b11-8-,15-12-,20-17-,24-21-,28-26-,34-32-. The maximum atomic E-state index is 12.9. The van der Waals surface area contributed by atoms with Crippen molar-refractivity contribution in [2.24, 2.45) is 0 Å². The molecule has 1 atom stereocenters. The maximum absolute atomic E-state index is 12.9. The van der Waals surface area contributed by atoms with E-state index in [2.05, 4.69) is 93.7 Å². The van der Waals surface area contributed by atoms with Crippen molar-refractivity contribution in [3.63, 3.8) is 0 Å². The molecule has 6 heteroatoms. The van der Waals surface area contributed by atoms with Crippen LogP contribution in [0.25, 0.3) is 0 Å². The SMILES string of the molecule is CC/C=C\C/C=C\C/C=C\C/C=C\CCCCCCCCCCCCC(=O)OC(COC(=O)CCCCCCC/C=C\C/C=C\CCC)COC(=O)CCCCCCCCCCCCCCCCCCCCCCCCCC. The number of carbonyl (C=O) groups excluding carboxylic acids is 3. The van der Waals surface area contributed by atoms with E-state index in [1.54, 1.807) is 0 Å². The van der Waals surface area contributed by atoms with E-state index in [1.165, 1.54) is 199 Å². The van der Waals surface area contributed by atoms with Crippen molar-refractivity contribution in [2.45, 2.75) is 354 Å². The van der Waals surface area contributed by atoms with E-state index in [0.29, 0.717) is 19.3 Å². The van der Waals surface area contributed by atoms with Gasteiger partial charge in [-0.1, -0.05) is 318 Å². The molecule has 6 nitrogen and oxygen atoms in total. The third-order valence-electron chi connectivity index (χ3n) is 14.9. The van der Waals surface area contributed by atoms with Crippen molar-refractivity contribution in [3.8, 4) is 0 Å². The molecule has 0 fully saturated rings. The number of hydrogen-bond donors (Lipinski definition) is 0. The largest absolute Gasteiger partial charge is 0.462 e. The molecule has 0 amide bonds. The third-order valence-corrected chi connectivity index (χ3v) is 14.9. The average Bonchev–Trinajstić information content (AvgIpc) is 3.44. The van der Waals surface area contributed by atoms with Crippen LogP contribution in [0.3, 0.4) is 0 Å². The van der Waals surface area contributed by atoms with Gasteiger partial charge in [0, 0.05) is 19.3 Å². The fraction of sp³-hybridized carbons (Fsp3) is 0.792. The molecule has 0 aromatic rings. The van der Waals surface area contributed by atoms with Crippen molar-refractivity contribution >= 4 is 17.9 Å². The summed E-state index contributed by atoms with van der Waals surface area (Å²) < 4.78 is 17.0. The van der Waals surface area contributed by atoms with Gasteiger partial charge in [0.25, 0.3) is 0 Å². The van der Waals surface area contributed by atoms with Crippen LogP contribution in [0.4, 0.5) is 0 Å². The monoisotopic (exact) mass is 1090 g/mol. The first-order valence-corrected chi connectivity index (χ1v) is 33.9. The van der Waals surface area contributed by atoms with Gasteiger partial charge >= 0.3 is 17.9 Å². The molecule has 0 spiro atoms. The van der Waals surface area contributed by atoms with Crippen molar-refractivity contribution in [2.75, 3.05) is 13.2 Å². The third kappa shape index (κ3) is 63.7. The van der Waals surface area contributed by atoms with Gasteiger partial charge in [-0.05, 0) is 83.5 Å². The summed E-state index contributed by atoms with van der Waals surface area (Å²) in [6.07, 6.45) is 86.4. The molecule has 0 saturated carbocycles. The molecule has 0 aliphatic heterocycles. The van der Waals surface area contributed by atoms with E-state index in [4.69, 9.17) is 14.2 Å². The lowest BCUT2D eigenvalue weighted by atomic mass is 10.0. The number of ether oxygens (including phenoxy) is 3. The molecule has 1 unspecified atom stereocenters. The van der Waals surface area contributed by atoms with Crippen LogP contribution in [0.15, 0.2) is 72.9 Å². The molecule has 452 valence electrons. The Balaban J connectivity index is 4.28. The Kier molecular flexibility index (Phi) is 63.7. The zero-order chi connectivity index (χ0) is 56.4. The van der Waals surface area contributed by atoms with Crippen LogP contribution in [-0.2, 0) is 28.6 Å². The van der Waals surface area contributed by atoms with Crippen molar-refractivity contribution in [3.05, 3.63) is 72.9 Å². The molecule has 0 radical (unpaired) electrons. The summed E-state index contributed by atoms with van der Waals surface area (Å²) in [4.78, 5) is 38.4. The fourth-order valence-electron chi connectivity index (χ4n) is 9.89. The van der Waals surface area contributed by atoms with Gasteiger partial charge in [0.15, 0.2) is 6.10 Å². The molecular formula is C72H128O6. The Morgan fingerprint density at radius 3 is 0.833 bits per heavy atom. The second-order valence-electron chi connectivity index (χ2n) is 22.7. The molecule has 0 aromatic heterocycles. The number of unbranched alkanes of at least 4 members (excludes halogenated alkanes) is 39. The smallest absolute Gasteiger partial charge is 0.306 e. The lowest BCUT2D eigenvalue weighted by Gasteiger charge is -2.18. The van der Waals surface area contributed by atoms with Gasteiger partial charge in [0.2, 0.25) is 0 Å². The second kappa shape index (κ2) is 66.4. The number of allylic oxidation sites excluding steroid dienone is 12. The van der Waals surface area contributed by atoms with Gasteiger partial charge in [-0.15, -0.1) is 0 Å². The normalized spacial score (nSPS) is 12.5. The van der Waals surface area contributed by atoms with Gasteiger partial charge in [0.1, 0.15) is 13.2 Å². The highest BCUT2D eigenvalue weighted by Crippen LogP contribution is 2.18. The molecule has 0 aromatic carbocycles. The minimum absolute atomic E-state index is 0.0782. The number of hydrogen-bond acceptors (Lipinski definition) is 6. The second-order valence-corrected chi connectivity index (χ2v) is 22.7. The van der Waals surface area contributed by atoms with E-state index in [1.807, 2.05) is 0 Å². The van der Waals surface area contributed by atoms with Crippen molar-refractivity contribution in [1.29, 1.82) is 0 Å².